The van der Waals surface area contributed by atoms with Gasteiger partial charge in [-0.15, -0.1) is 0 Å². The monoisotopic (exact) mass is 636 g/mol. The number of aromatic nitrogens is 4. The third kappa shape index (κ3) is 5.17. The Balaban J connectivity index is 1.44. The molecular weight excluding hydrogens is 612 g/mol. The average molecular weight is 637 g/mol. The van der Waals surface area contributed by atoms with Gasteiger partial charge in [-0.1, -0.05) is 115 Å². The summed E-state index contributed by atoms with van der Waals surface area (Å²) in [6.07, 6.45) is -4.56. The molecule has 8 rings (SSSR count). The topological polar surface area (TPSA) is 43.6 Å². The minimum atomic E-state index is -4.56. The predicted octanol–water partition coefficient (Wildman–Crippen LogP) is 10.8. The van der Waals surface area contributed by atoms with Gasteiger partial charge >= 0.3 is 6.18 Å². The Kier molecular flexibility index (Phi) is 7.06. The molecule has 0 bridgehead atoms. The van der Waals surface area contributed by atoms with Gasteiger partial charge in [-0.2, -0.15) is 13.2 Å². The summed E-state index contributed by atoms with van der Waals surface area (Å²) in [6.45, 7) is 0. The van der Waals surface area contributed by atoms with Gasteiger partial charge in [-0.3, -0.25) is 0 Å². The summed E-state index contributed by atoms with van der Waals surface area (Å²) in [6, 6.07) is 42.0. The van der Waals surface area contributed by atoms with Crippen molar-refractivity contribution in [2.75, 3.05) is 0 Å². The number of alkyl halides is 3. The standard InChI is InChI=1S/C40H24F4N4/c41-33-17-9-7-15-29(33)31-21-19-27(39-46-37(25-11-3-1-4-12-25)45-38(47-39)26-13-5-2-6-14-26)23-35(31)48-34-18-10-8-16-30(34)32-22-20-28(24-36(32)48)40(42,43)44/h1-24H. The lowest BCUT2D eigenvalue weighted by atomic mass is 10.00. The van der Waals surface area contributed by atoms with E-state index in [-0.39, 0.29) is 0 Å². The van der Waals surface area contributed by atoms with Crippen molar-refractivity contribution in [3.63, 3.8) is 0 Å². The molecule has 0 amide bonds. The van der Waals surface area contributed by atoms with Crippen LogP contribution in [0, 0.1) is 5.82 Å². The zero-order valence-electron chi connectivity index (χ0n) is 25.2. The van der Waals surface area contributed by atoms with Gasteiger partial charge in [0, 0.05) is 38.6 Å². The molecule has 232 valence electrons. The van der Waals surface area contributed by atoms with Crippen LogP contribution in [-0.2, 0) is 6.18 Å². The van der Waals surface area contributed by atoms with Crippen LogP contribution in [0.1, 0.15) is 5.56 Å². The lowest BCUT2D eigenvalue weighted by Gasteiger charge is -2.17. The third-order valence-electron chi connectivity index (χ3n) is 8.36. The van der Waals surface area contributed by atoms with Crippen molar-refractivity contribution in [1.29, 1.82) is 0 Å². The van der Waals surface area contributed by atoms with Gasteiger partial charge in [-0.05, 0) is 30.3 Å². The first-order chi connectivity index (χ1) is 23.3. The molecule has 0 fully saturated rings. The molecule has 0 spiro atoms. The lowest BCUT2D eigenvalue weighted by Crippen LogP contribution is -2.05. The SMILES string of the molecule is Fc1ccccc1-c1ccc(-c2nc(-c3ccccc3)nc(-c3ccccc3)n2)cc1-n1c2ccccc2c2ccc(C(F)(F)F)cc21. The molecule has 0 saturated heterocycles. The summed E-state index contributed by atoms with van der Waals surface area (Å²) < 4.78 is 59.4. The lowest BCUT2D eigenvalue weighted by molar-refractivity contribution is -0.137. The summed E-state index contributed by atoms with van der Waals surface area (Å²) in [5.74, 6) is 0.832. The van der Waals surface area contributed by atoms with E-state index in [1.54, 1.807) is 34.9 Å². The second-order valence-corrected chi connectivity index (χ2v) is 11.3. The first-order valence-corrected chi connectivity index (χ1v) is 15.2. The van der Waals surface area contributed by atoms with Crippen molar-refractivity contribution in [3.05, 3.63) is 157 Å². The van der Waals surface area contributed by atoms with Crippen LogP contribution in [0.25, 0.3) is 72.8 Å². The van der Waals surface area contributed by atoms with Crippen LogP contribution in [0.5, 0.6) is 0 Å². The molecule has 4 nitrogen and oxygen atoms in total. The Bertz CT molecular complexity index is 2400. The minimum Gasteiger partial charge on any atom is -0.309 e. The summed E-state index contributed by atoms with van der Waals surface area (Å²) in [4.78, 5) is 14.5. The van der Waals surface area contributed by atoms with Gasteiger partial charge in [0.1, 0.15) is 5.82 Å². The molecule has 8 aromatic rings. The molecule has 0 atom stereocenters. The van der Waals surface area contributed by atoms with Crippen molar-refractivity contribution in [3.8, 4) is 51.0 Å². The van der Waals surface area contributed by atoms with Crippen molar-refractivity contribution in [2.45, 2.75) is 6.18 Å². The van der Waals surface area contributed by atoms with Gasteiger partial charge in [0.25, 0.3) is 0 Å². The van der Waals surface area contributed by atoms with Crippen molar-refractivity contribution >= 4 is 21.8 Å². The quantitative estimate of drug-likeness (QED) is 0.177. The van der Waals surface area contributed by atoms with Gasteiger partial charge in [-0.25, -0.2) is 19.3 Å². The predicted molar refractivity (Wildman–Crippen MR) is 181 cm³/mol. The van der Waals surface area contributed by atoms with Crippen LogP contribution in [-0.4, -0.2) is 19.5 Å². The molecule has 0 radical (unpaired) electrons. The van der Waals surface area contributed by atoms with E-state index in [1.807, 2.05) is 91.0 Å². The fraction of sp³-hybridized carbons (Fsp3) is 0.0250. The smallest absolute Gasteiger partial charge is 0.309 e. The molecule has 2 heterocycles. The van der Waals surface area contributed by atoms with E-state index in [0.717, 1.165) is 28.6 Å². The highest BCUT2D eigenvalue weighted by atomic mass is 19.4. The highest BCUT2D eigenvalue weighted by Crippen LogP contribution is 2.41. The highest BCUT2D eigenvalue weighted by Gasteiger charge is 2.31. The molecule has 0 aliphatic heterocycles. The number of nitrogens with zero attached hydrogens (tertiary/aromatic N) is 4. The largest absolute Gasteiger partial charge is 0.416 e. The van der Waals surface area contributed by atoms with E-state index in [2.05, 4.69) is 0 Å². The number of halogens is 4. The summed E-state index contributed by atoms with van der Waals surface area (Å²) in [5.41, 5.74) is 3.69. The summed E-state index contributed by atoms with van der Waals surface area (Å²) in [5, 5.41) is 1.41. The van der Waals surface area contributed by atoms with Crippen LogP contribution < -0.4 is 0 Å². The fourth-order valence-corrected chi connectivity index (χ4v) is 6.11. The van der Waals surface area contributed by atoms with E-state index < -0.39 is 17.6 Å². The maximum atomic E-state index is 15.5. The second kappa shape index (κ2) is 11.6. The van der Waals surface area contributed by atoms with Crippen molar-refractivity contribution < 1.29 is 17.6 Å². The second-order valence-electron chi connectivity index (χ2n) is 11.3. The number of hydrogen-bond donors (Lipinski definition) is 0. The van der Waals surface area contributed by atoms with Gasteiger partial charge in [0.05, 0.1) is 22.3 Å². The summed E-state index contributed by atoms with van der Waals surface area (Å²) in [7, 11) is 0. The first kappa shape index (κ1) is 29.3. The molecule has 8 heteroatoms. The van der Waals surface area contributed by atoms with Crippen molar-refractivity contribution in [1.82, 2.24) is 19.5 Å². The molecule has 0 N–H and O–H groups in total. The number of benzene rings is 6. The Hall–Kier alpha value is -6.15. The normalized spacial score (nSPS) is 11.8. The number of fused-ring (bicyclic) bond motifs is 3. The van der Waals surface area contributed by atoms with Crippen LogP contribution in [0.15, 0.2) is 146 Å². The molecule has 0 aliphatic carbocycles. The van der Waals surface area contributed by atoms with E-state index in [0.29, 0.717) is 56.3 Å². The van der Waals surface area contributed by atoms with Gasteiger partial charge < -0.3 is 4.57 Å². The molecule has 0 saturated carbocycles. The van der Waals surface area contributed by atoms with E-state index in [4.69, 9.17) is 15.0 Å². The minimum absolute atomic E-state index is 0.308. The average Bonchev–Trinajstić information content (AvgIpc) is 3.45. The number of hydrogen-bond acceptors (Lipinski definition) is 3. The van der Waals surface area contributed by atoms with E-state index >= 15 is 4.39 Å². The molecule has 0 unspecified atom stereocenters. The molecule has 48 heavy (non-hydrogen) atoms. The van der Waals surface area contributed by atoms with Crippen molar-refractivity contribution in [2.24, 2.45) is 0 Å². The first-order valence-electron chi connectivity index (χ1n) is 15.2. The van der Waals surface area contributed by atoms with Gasteiger partial charge in [0.2, 0.25) is 0 Å². The van der Waals surface area contributed by atoms with Crippen LogP contribution >= 0.6 is 0 Å². The Morgan fingerprint density at radius 2 is 1.02 bits per heavy atom. The molecule has 6 aromatic carbocycles. The number of para-hydroxylation sites is 1. The zero-order valence-corrected chi connectivity index (χ0v) is 25.2. The molecular formula is C40H24F4N4. The molecule has 0 aliphatic rings. The Labute approximate surface area is 272 Å². The zero-order chi connectivity index (χ0) is 32.8. The van der Waals surface area contributed by atoms with Crippen LogP contribution in [0.4, 0.5) is 17.6 Å². The number of rotatable bonds is 5. The third-order valence-corrected chi connectivity index (χ3v) is 8.36. The maximum Gasteiger partial charge on any atom is 0.416 e. The Morgan fingerprint density at radius 1 is 0.458 bits per heavy atom. The highest BCUT2D eigenvalue weighted by molar-refractivity contribution is 6.10. The van der Waals surface area contributed by atoms with Crippen LogP contribution in [0.2, 0.25) is 0 Å². The Morgan fingerprint density at radius 3 is 1.67 bits per heavy atom. The van der Waals surface area contributed by atoms with Gasteiger partial charge in [0.15, 0.2) is 17.5 Å². The van der Waals surface area contributed by atoms with Crippen LogP contribution in [0.3, 0.4) is 0 Å². The maximum absolute atomic E-state index is 15.5. The van der Waals surface area contributed by atoms with E-state index in [9.17, 15) is 13.2 Å². The summed E-state index contributed by atoms with van der Waals surface area (Å²) >= 11 is 0. The fourth-order valence-electron chi connectivity index (χ4n) is 6.11. The van der Waals surface area contributed by atoms with E-state index in [1.165, 1.54) is 12.1 Å². The molecule has 2 aromatic heterocycles.